The summed E-state index contributed by atoms with van der Waals surface area (Å²) < 4.78 is 19.9. The number of benzene rings is 4. The molecular formula is C39H41N5O6S. The molecule has 4 atom stereocenters. The smallest absolute Gasteiger partial charge is 0.328 e. The molecule has 1 saturated heterocycles. The minimum absolute atomic E-state index is 0.0175. The molecule has 5 aromatic rings. The second-order valence-electron chi connectivity index (χ2n) is 12.3. The standard InChI is InChI=1S/C39H41N5O6S/c1-44-25-41-43-39(44)51-24-33-21-35(29-16-14-27(23-45)15-17-29)50-37(49-33)32-13-7-12-31(20-32)30-11-6-10-28(18-30)22-40-38(47)42-34(36(46)48-2)19-26-8-4-3-5-9-26/h3-18,20,25,33-35,37,45H,19,21-24H2,1-2H3,(H2,40,42,47)/t33-,34-,35+,37+/m0/s1. The van der Waals surface area contributed by atoms with E-state index in [9.17, 15) is 14.7 Å². The fourth-order valence-corrected chi connectivity index (χ4v) is 6.80. The number of hydrogen-bond acceptors (Lipinski definition) is 9. The highest BCUT2D eigenvalue weighted by Gasteiger charge is 2.33. The van der Waals surface area contributed by atoms with Crippen molar-refractivity contribution in [3.05, 3.63) is 137 Å². The number of rotatable bonds is 13. The molecule has 0 spiro atoms. The van der Waals surface area contributed by atoms with E-state index in [2.05, 4.69) is 26.9 Å². The van der Waals surface area contributed by atoms with E-state index in [0.717, 1.165) is 44.1 Å². The maximum absolute atomic E-state index is 12.9. The molecule has 0 aliphatic carbocycles. The van der Waals surface area contributed by atoms with Crippen LogP contribution in [0.15, 0.2) is 115 Å². The summed E-state index contributed by atoms with van der Waals surface area (Å²) in [5.41, 5.74) is 6.49. The van der Waals surface area contributed by atoms with E-state index in [0.29, 0.717) is 18.6 Å². The van der Waals surface area contributed by atoms with Crippen molar-refractivity contribution in [2.24, 2.45) is 7.05 Å². The molecular weight excluding hydrogens is 667 g/mol. The van der Waals surface area contributed by atoms with Crippen molar-refractivity contribution in [3.63, 3.8) is 0 Å². The number of hydrogen-bond donors (Lipinski definition) is 3. The van der Waals surface area contributed by atoms with E-state index in [1.807, 2.05) is 109 Å². The van der Waals surface area contributed by atoms with Gasteiger partial charge in [-0.15, -0.1) is 10.2 Å². The third kappa shape index (κ3) is 9.62. The van der Waals surface area contributed by atoms with Crippen LogP contribution in [0, 0.1) is 0 Å². The van der Waals surface area contributed by atoms with Crippen LogP contribution < -0.4 is 10.6 Å². The molecule has 2 heterocycles. The lowest BCUT2D eigenvalue weighted by Crippen LogP contribution is -2.47. The third-order valence-electron chi connectivity index (χ3n) is 8.63. The molecule has 0 saturated carbocycles. The SMILES string of the molecule is COC(=O)[C@H](Cc1ccccc1)NC(=O)NCc1cccc(-c2cccc([C@@H]3O[C@H](CSc4nncn4C)C[C@H](c4ccc(CO)cc4)O3)c2)c1. The largest absolute Gasteiger partial charge is 0.467 e. The second-order valence-corrected chi connectivity index (χ2v) is 13.3. The van der Waals surface area contributed by atoms with Crippen LogP contribution in [-0.4, -0.2) is 56.9 Å². The number of aromatic nitrogens is 3. The summed E-state index contributed by atoms with van der Waals surface area (Å²) in [5.74, 6) is 0.162. The molecule has 1 fully saturated rings. The predicted octanol–water partition coefficient (Wildman–Crippen LogP) is 5.90. The molecule has 12 heteroatoms. The molecule has 2 amide bonds. The number of nitrogens with zero attached hydrogens (tertiary/aromatic N) is 3. The second kappa shape index (κ2) is 17.3. The van der Waals surface area contributed by atoms with Gasteiger partial charge in [-0.2, -0.15) is 0 Å². The fraction of sp³-hybridized carbons (Fsp3) is 0.282. The van der Waals surface area contributed by atoms with Gasteiger partial charge in [0, 0.05) is 37.8 Å². The van der Waals surface area contributed by atoms with Gasteiger partial charge in [0.25, 0.3) is 0 Å². The highest BCUT2D eigenvalue weighted by atomic mass is 32.2. The molecule has 6 rings (SSSR count). The van der Waals surface area contributed by atoms with Gasteiger partial charge in [0.15, 0.2) is 11.4 Å². The Morgan fingerprint density at radius 1 is 0.922 bits per heavy atom. The highest BCUT2D eigenvalue weighted by Crippen LogP contribution is 2.40. The summed E-state index contributed by atoms with van der Waals surface area (Å²) in [6.07, 6.45) is 1.72. The Hall–Kier alpha value is -5.01. The molecule has 1 aliphatic heterocycles. The van der Waals surface area contributed by atoms with Gasteiger partial charge < -0.3 is 34.5 Å². The molecule has 264 valence electrons. The first-order valence-corrected chi connectivity index (χ1v) is 17.7. The average molecular weight is 708 g/mol. The molecule has 3 N–H and O–H groups in total. The van der Waals surface area contributed by atoms with E-state index in [4.69, 9.17) is 14.2 Å². The summed E-state index contributed by atoms with van der Waals surface area (Å²) in [4.78, 5) is 25.2. The van der Waals surface area contributed by atoms with Crippen molar-refractivity contribution < 1.29 is 28.9 Å². The van der Waals surface area contributed by atoms with E-state index in [1.165, 1.54) is 7.11 Å². The fourth-order valence-electron chi connectivity index (χ4n) is 5.90. The van der Waals surface area contributed by atoms with Gasteiger partial charge in [0.05, 0.1) is 25.9 Å². The first-order valence-electron chi connectivity index (χ1n) is 16.7. The minimum Gasteiger partial charge on any atom is -0.467 e. The van der Waals surface area contributed by atoms with Crippen LogP contribution in [0.25, 0.3) is 11.1 Å². The van der Waals surface area contributed by atoms with Crippen LogP contribution in [0.2, 0.25) is 0 Å². The lowest BCUT2D eigenvalue weighted by Gasteiger charge is -2.36. The number of carbonyl (C=O) groups is 2. The molecule has 0 bridgehead atoms. The Morgan fingerprint density at radius 3 is 2.39 bits per heavy atom. The summed E-state index contributed by atoms with van der Waals surface area (Å²) in [5, 5.41) is 24.2. The van der Waals surface area contributed by atoms with Gasteiger partial charge in [-0.3, -0.25) is 0 Å². The van der Waals surface area contributed by atoms with Crippen LogP contribution in [-0.2, 0) is 45.6 Å². The van der Waals surface area contributed by atoms with Crippen LogP contribution in [0.3, 0.4) is 0 Å². The number of aliphatic hydroxyl groups excluding tert-OH is 1. The Labute approximate surface area is 301 Å². The lowest BCUT2D eigenvalue weighted by molar-refractivity contribution is -0.245. The Morgan fingerprint density at radius 2 is 1.67 bits per heavy atom. The van der Waals surface area contributed by atoms with Gasteiger partial charge in [-0.1, -0.05) is 103 Å². The van der Waals surface area contributed by atoms with Crippen LogP contribution in [0.5, 0.6) is 0 Å². The normalized spacial score (nSPS) is 17.7. The lowest BCUT2D eigenvalue weighted by atomic mass is 9.99. The molecule has 0 radical (unpaired) electrons. The van der Waals surface area contributed by atoms with Crippen molar-refractivity contribution in [3.8, 4) is 11.1 Å². The average Bonchev–Trinajstić information content (AvgIpc) is 3.60. The molecule has 11 nitrogen and oxygen atoms in total. The summed E-state index contributed by atoms with van der Waals surface area (Å²) in [6, 6.07) is 32.0. The number of esters is 1. The number of carbonyl (C=O) groups excluding carboxylic acids is 2. The topological polar surface area (TPSA) is 137 Å². The third-order valence-corrected chi connectivity index (χ3v) is 9.80. The van der Waals surface area contributed by atoms with Gasteiger partial charge in [0.2, 0.25) is 0 Å². The Bertz CT molecular complexity index is 1900. The van der Waals surface area contributed by atoms with Gasteiger partial charge >= 0.3 is 12.0 Å². The number of thioether (sulfide) groups is 1. The zero-order chi connectivity index (χ0) is 35.6. The van der Waals surface area contributed by atoms with Crippen molar-refractivity contribution in [2.45, 2.75) is 55.7 Å². The van der Waals surface area contributed by atoms with E-state index >= 15 is 0 Å². The molecule has 1 aromatic heterocycles. The van der Waals surface area contributed by atoms with Crippen LogP contribution in [0.4, 0.5) is 4.79 Å². The monoisotopic (exact) mass is 707 g/mol. The Balaban J connectivity index is 1.14. The van der Waals surface area contributed by atoms with Gasteiger partial charge in [-0.25, -0.2) is 9.59 Å². The Kier molecular flexibility index (Phi) is 12.1. The zero-order valence-corrected chi connectivity index (χ0v) is 29.3. The maximum Gasteiger partial charge on any atom is 0.328 e. The number of urea groups is 1. The predicted molar refractivity (Wildman–Crippen MR) is 193 cm³/mol. The molecule has 1 aliphatic rings. The van der Waals surface area contributed by atoms with Gasteiger partial charge in [0.1, 0.15) is 12.4 Å². The number of aliphatic hydroxyl groups is 1. The first-order chi connectivity index (χ1) is 24.9. The van der Waals surface area contributed by atoms with E-state index in [1.54, 1.807) is 18.1 Å². The van der Waals surface area contributed by atoms with E-state index < -0.39 is 24.3 Å². The summed E-state index contributed by atoms with van der Waals surface area (Å²) >= 11 is 1.59. The van der Waals surface area contributed by atoms with Crippen molar-refractivity contribution in [2.75, 3.05) is 12.9 Å². The first kappa shape index (κ1) is 35.8. The number of amides is 2. The van der Waals surface area contributed by atoms with Crippen LogP contribution in [0.1, 0.15) is 46.6 Å². The molecule has 0 unspecified atom stereocenters. The van der Waals surface area contributed by atoms with E-state index in [-0.39, 0.29) is 25.4 Å². The van der Waals surface area contributed by atoms with Crippen molar-refractivity contribution in [1.29, 1.82) is 0 Å². The van der Waals surface area contributed by atoms with Crippen LogP contribution >= 0.6 is 11.8 Å². The van der Waals surface area contributed by atoms with Crippen molar-refractivity contribution in [1.82, 2.24) is 25.4 Å². The van der Waals surface area contributed by atoms with Crippen molar-refractivity contribution >= 4 is 23.8 Å². The summed E-state index contributed by atoms with van der Waals surface area (Å²) in [7, 11) is 3.22. The molecule has 51 heavy (non-hydrogen) atoms. The molecule has 4 aromatic carbocycles. The zero-order valence-electron chi connectivity index (χ0n) is 28.5. The van der Waals surface area contributed by atoms with Gasteiger partial charge in [-0.05, 0) is 45.5 Å². The number of aryl methyl sites for hydroxylation is 1. The number of ether oxygens (including phenoxy) is 3. The summed E-state index contributed by atoms with van der Waals surface area (Å²) in [6.45, 7) is 0.242. The number of nitrogens with one attached hydrogen (secondary N) is 2. The maximum atomic E-state index is 12.9. The minimum atomic E-state index is -0.819. The highest BCUT2D eigenvalue weighted by molar-refractivity contribution is 7.99. The quantitative estimate of drug-likeness (QED) is 0.101. The number of methoxy groups -OCH3 is 1.